The molecule has 0 unspecified atom stereocenters. The van der Waals surface area contributed by atoms with E-state index < -0.39 is 0 Å². The maximum Gasteiger partial charge on any atom is 0.270 e. The molecule has 52 heavy (non-hydrogen) atoms. The van der Waals surface area contributed by atoms with Gasteiger partial charge in [0.05, 0.1) is 23.5 Å². The van der Waals surface area contributed by atoms with Crippen LogP contribution in [-0.4, -0.2) is 91.8 Å². The average molecular weight is 702 g/mol. The molecule has 14 nitrogen and oxygen atoms in total. The first kappa shape index (κ1) is 32.4. The largest absolute Gasteiger partial charge is 0.370 e. The number of fused-ring (bicyclic) bond motifs is 2. The highest BCUT2D eigenvalue weighted by molar-refractivity contribution is 6.01. The molecule has 1 saturated carbocycles. The lowest BCUT2D eigenvalue weighted by molar-refractivity contribution is -0.134. The van der Waals surface area contributed by atoms with Gasteiger partial charge in [-0.15, -0.1) is 0 Å². The van der Waals surface area contributed by atoms with Crippen molar-refractivity contribution < 1.29 is 14.4 Å². The highest BCUT2D eigenvalue weighted by Gasteiger charge is 2.45. The number of nitrogens with one attached hydrogen (secondary N) is 2. The van der Waals surface area contributed by atoms with Crippen LogP contribution in [0.15, 0.2) is 55.1 Å². The summed E-state index contributed by atoms with van der Waals surface area (Å²) in [5.41, 5.74) is 5.52. The monoisotopic (exact) mass is 701 g/mol. The molecule has 3 saturated heterocycles. The summed E-state index contributed by atoms with van der Waals surface area (Å²) >= 11 is 0. The molecule has 5 aromatic rings. The molecule has 3 aliphatic heterocycles. The minimum absolute atomic E-state index is 0.0225. The molecule has 4 aliphatic rings. The number of hydrogen-bond acceptors (Lipinski definition) is 10. The Labute approximate surface area is 301 Å². The number of rotatable bonds is 7. The second-order valence-corrected chi connectivity index (χ2v) is 15.2. The highest BCUT2D eigenvalue weighted by atomic mass is 16.2. The van der Waals surface area contributed by atoms with E-state index in [-0.39, 0.29) is 29.7 Å². The molecule has 5 aromatic heterocycles. The van der Waals surface area contributed by atoms with E-state index >= 15 is 0 Å². The van der Waals surface area contributed by atoms with Gasteiger partial charge in [0, 0.05) is 93.9 Å². The van der Waals surface area contributed by atoms with E-state index in [0.717, 1.165) is 92.8 Å². The van der Waals surface area contributed by atoms with Gasteiger partial charge >= 0.3 is 0 Å². The van der Waals surface area contributed by atoms with Crippen molar-refractivity contribution in [3.8, 4) is 0 Å². The molecule has 268 valence electrons. The van der Waals surface area contributed by atoms with Crippen LogP contribution in [0, 0.1) is 5.41 Å². The van der Waals surface area contributed by atoms with Gasteiger partial charge in [-0.25, -0.2) is 15.0 Å². The molecule has 8 heterocycles. The molecule has 0 radical (unpaired) electrons. The van der Waals surface area contributed by atoms with E-state index in [1.165, 1.54) is 0 Å². The topological polar surface area (TPSA) is 146 Å². The zero-order valence-electron chi connectivity index (χ0n) is 29.6. The summed E-state index contributed by atoms with van der Waals surface area (Å²) in [5.74, 6) is 0.251. The van der Waals surface area contributed by atoms with Crippen LogP contribution in [0.5, 0.6) is 0 Å². The van der Waals surface area contributed by atoms with Crippen molar-refractivity contribution in [1.29, 1.82) is 0 Å². The SMILES string of the molecule is CN(C)C(=O)c1cc2cnc(Nc3ccc(N4CCC5(CC4)CN(c4ccn6cc([C@H]7CCC(=O)NC7=O)nc6c4)C5)cn3)nc2n1C1CCCC1. The van der Waals surface area contributed by atoms with Crippen molar-refractivity contribution in [2.75, 3.05) is 55.4 Å². The fourth-order valence-electron chi connectivity index (χ4n) is 8.59. The van der Waals surface area contributed by atoms with Crippen molar-refractivity contribution in [3.05, 3.63) is 66.5 Å². The predicted molar refractivity (Wildman–Crippen MR) is 197 cm³/mol. The van der Waals surface area contributed by atoms with E-state index in [1.54, 1.807) is 25.2 Å². The van der Waals surface area contributed by atoms with Crippen molar-refractivity contribution >= 4 is 57.5 Å². The molecule has 4 fully saturated rings. The van der Waals surface area contributed by atoms with Crippen LogP contribution >= 0.6 is 0 Å². The molecule has 1 atom stereocenters. The van der Waals surface area contributed by atoms with Gasteiger partial charge in [0.15, 0.2) is 0 Å². The highest BCUT2D eigenvalue weighted by Crippen LogP contribution is 2.44. The van der Waals surface area contributed by atoms with Gasteiger partial charge < -0.3 is 29.0 Å². The summed E-state index contributed by atoms with van der Waals surface area (Å²) in [6.07, 6.45) is 15.1. The van der Waals surface area contributed by atoms with Gasteiger partial charge in [0.2, 0.25) is 17.8 Å². The smallest absolute Gasteiger partial charge is 0.270 e. The maximum absolute atomic E-state index is 13.1. The summed E-state index contributed by atoms with van der Waals surface area (Å²) < 4.78 is 4.08. The van der Waals surface area contributed by atoms with Gasteiger partial charge in [0.1, 0.15) is 22.8 Å². The number of pyridine rings is 2. The molecular formula is C38H43N11O3. The molecule has 3 amide bonds. The first-order valence-corrected chi connectivity index (χ1v) is 18.4. The van der Waals surface area contributed by atoms with E-state index in [1.807, 2.05) is 35.1 Å². The fourth-order valence-corrected chi connectivity index (χ4v) is 8.59. The fraction of sp³-hybridized carbons (Fsp3) is 0.447. The van der Waals surface area contributed by atoms with Crippen molar-refractivity contribution in [3.63, 3.8) is 0 Å². The van der Waals surface area contributed by atoms with Gasteiger partial charge in [-0.05, 0) is 56.4 Å². The van der Waals surface area contributed by atoms with Crippen LogP contribution in [0.4, 0.5) is 23.1 Å². The lowest BCUT2D eigenvalue weighted by Crippen LogP contribution is -2.60. The number of anilines is 4. The van der Waals surface area contributed by atoms with Crippen molar-refractivity contribution in [2.45, 2.75) is 63.3 Å². The zero-order valence-corrected chi connectivity index (χ0v) is 29.6. The third-order valence-electron chi connectivity index (χ3n) is 11.5. The molecule has 14 heteroatoms. The number of carbonyl (C=O) groups excluding carboxylic acids is 3. The Morgan fingerprint density at radius 1 is 0.942 bits per heavy atom. The minimum atomic E-state index is -0.388. The Morgan fingerprint density at radius 3 is 2.48 bits per heavy atom. The number of nitrogens with zero attached hydrogens (tertiary/aromatic N) is 9. The molecule has 0 bridgehead atoms. The Balaban J connectivity index is 0.822. The maximum atomic E-state index is 13.1. The summed E-state index contributed by atoms with van der Waals surface area (Å²) in [5, 5.41) is 6.59. The van der Waals surface area contributed by atoms with Gasteiger partial charge in [-0.2, -0.15) is 4.98 Å². The Kier molecular flexibility index (Phi) is 7.85. The number of hydrogen-bond donors (Lipinski definition) is 2. The zero-order chi connectivity index (χ0) is 35.6. The standard InChI is InChI=1S/C38H43N11O3/c1-45(2)36(52)30-17-24-19-40-37(44-34(24)49(30)25-5-3-4-6-25)42-31-9-7-27(20-39-31)46-15-12-38(13-16-46)22-48(23-38)26-11-14-47-21-29(41-32(47)18-26)28-8-10-33(50)43-35(28)51/h7,9,11,14,17-21,25,28H,3-6,8,10,12-13,15-16,22-23H2,1-2H3,(H,43,50,51)(H,39,40,42,44)/t28-/m1/s1. The predicted octanol–water partition coefficient (Wildman–Crippen LogP) is 4.66. The second-order valence-electron chi connectivity index (χ2n) is 15.2. The summed E-state index contributed by atoms with van der Waals surface area (Å²) in [4.78, 5) is 62.4. The number of amides is 3. The van der Waals surface area contributed by atoms with Crippen LogP contribution < -0.4 is 20.4 Å². The lowest BCUT2D eigenvalue weighted by Gasteiger charge is -2.55. The Bertz CT molecular complexity index is 2180. The first-order chi connectivity index (χ1) is 25.2. The molecule has 9 rings (SSSR count). The van der Waals surface area contributed by atoms with Gasteiger partial charge in [-0.1, -0.05) is 12.8 Å². The normalized spacial score (nSPS) is 20.5. The number of imidazole rings is 1. The van der Waals surface area contributed by atoms with Crippen LogP contribution in [0.3, 0.4) is 0 Å². The van der Waals surface area contributed by atoms with E-state index in [9.17, 15) is 14.4 Å². The van der Waals surface area contributed by atoms with Crippen molar-refractivity contribution in [2.24, 2.45) is 5.41 Å². The van der Waals surface area contributed by atoms with Crippen LogP contribution in [0.25, 0.3) is 16.7 Å². The van der Waals surface area contributed by atoms with Crippen LogP contribution in [0.1, 0.15) is 79.5 Å². The molecule has 0 aromatic carbocycles. The van der Waals surface area contributed by atoms with E-state index in [2.05, 4.69) is 48.2 Å². The Hall–Kier alpha value is -5.53. The quantitative estimate of drug-likeness (QED) is 0.230. The number of carbonyl (C=O) groups is 3. The second kappa shape index (κ2) is 12.6. The molecule has 1 spiro atoms. The third kappa shape index (κ3) is 5.79. The summed E-state index contributed by atoms with van der Waals surface area (Å²) in [7, 11) is 3.57. The summed E-state index contributed by atoms with van der Waals surface area (Å²) in [6, 6.07) is 10.5. The van der Waals surface area contributed by atoms with E-state index in [4.69, 9.17) is 15.0 Å². The Morgan fingerprint density at radius 2 is 1.75 bits per heavy atom. The third-order valence-corrected chi connectivity index (χ3v) is 11.5. The van der Waals surface area contributed by atoms with E-state index in [0.29, 0.717) is 41.4 Å². The molecule has 1 aliphatic carbocycles. The van der Waals surface area contributed by atoms with Crippen molar-refractivity contribution in [1.82, 2.24) is 39.1 Å². The lowest BCUT2D eigenvalue weighted by atomic mass is 9.71. The van der Waals surface area contributed by atoms with Gasteiger partial charge in [0.25, 0.3) is 5.91 Å². The average Bonchev–Trinajstić information content (AvgIpc) is 3.89. The minimum Gasteiger partial charge on any atom is -0.370 e. The molecular weight excluding hydrogens is 658 g/mol. The number of imide groups is 1. The summed E-state index contributed by atoms with van der Waals surface area (Å²) in [6.45, 7) is 3.97. The first-order valence-electron chi connectivity index (χ1n) is 18.4. The van der Waals surface area contributed by atoms with Gasteiger partial charge in [-0.3, -0.25) is 19.7 Å². The number of aromatic nitrogens is 6. The number of piperidine rings is 2. The van der Waals surface area contributed by atoms with Crippen LogP contribution in [0.2, 0.25) is 0 Å². The molecule has 2 N–H and O–H groups in total. The van der Waals surface area contributed by atoms with Crippen LogP contribution in [-0.2, 0) is 9.59 Å².